The molecule has 3 aromatic heterocycles. The van der Waals surface area contributed by atoms with Crippen molar-refractivity contribution in [1.29, 1.82) is 0 Å². The van der Waals surface area contributed by atoms with Crippen LogP contribution in [0, 0.1) is 6.92 Å². The third-order valence-corrected chi connectivity index (χ3v) is 4.12. The van der Waals surface area contributed by atoms with Gasteiger partial charge in [-0.05, 0) is 49.4 Å². The van der Waals surface area contributed by atoms with Crippen molar-refractivity contribution in [2.75, 3.05) is 5.32 Å². The Labute approximate surface area is 169 Å². The maximum atomic E-state index is 13.3. The lowest BCUT2D eigenvalue weighted by Gasteiger charge is -2.12. The number of benzene rings is 1. The maximum Gasteiger partial charge on any atom is 0.433 e. The van der Waals surface area contributed by atoms with E-state index in [1.165, 1.54) is 6.20 Å². The first-order valence-corrected chi connectivity index (χ1v) is 8.93. The Morgan fingerprint density at radius 3 is 2.27 bits per heavy atom. The van der Waals surface area contributed by atoms with Crippen LogP contribution in [0.25, 0.3) is 22.9 Å². The number of hydrogen-bond donors (Lipinski definition) is 1. The van der Waals surface area contributed by atoms with E-state index in [1.807, 2.05) is 6.92 Å². The molecule has 1 aromatic carbocycles. The molecular weight excluding hydrogens is 393 g/mol. The number of pyridine rings is 1. The molecule has 9 heteroatoms. The number of anilines is 2. The van der Waals surface area contributed by atoms with Gasteiger partial charge >= 0.3 is 6.18 Å². The molecule has 0 bridgehead atoms. The van der Waals surface area contributed by atoms with Gasteiger partial charge in [0, 0.05) is 35.4 Å². The Balaban J connectivity index is 1.65. The van der Waals surface area contributed by atoms with Crippen LogP contribution >= 0.6 is 0 Å². The fourth-order valence-corrected chi connectivity index (χ4v) is 2.70. The molecule has 4 aromatic rings. The van der Waals surface area contributed by atoms with Gasteiger partial charge in [0.25, 0.3) is 0 Å². The van der Waals surface area contributed by atoms with Gasteiger partial charge in [0.05, 0.1) is 0 Å². The summed E-state index contributed by atoms with van der Waals surface area (Å²) in [6.07, 6.45) is -1.48. The number of nitrogens with one attached hydrogen (secondary N) is 1. The highest BCUT2D eigenvalue weighted by Crippen LogP contribution is 2.31. The normalized spacial score (nSPS) is 11.3. The van der Waals surface area contributed by atoms with Crippen molar-refractivity contribution >= 4 is 11.5 Å². The molecule has 4 rings (SSSR count). The van der Waals surface area contributed by atoms with E-state index in [-0.39, 0.29) is 17.3 Å². The molecule has 0 atom stereocenters. The summed E-state index contributed by atoms with van der Waals surface area (Å²) >= 11 is 0. The topological polar surface area (TPSA) is 76.5 Å². The van der Waals surface area contributed by atoms with Crippen LogP contribution in [0.15, 0.2) is 67.0 Å². The van der Waals surface area contributed by atoms with Gasteiger partial charge in [0.2, 0.25) is 0 Å². The summed E-state index contributed by atoms with van der Waals surface area (Å²) in [4.78, 5) is 20.4. The molecule has 3 heterocycles. The van der Waals surface area contributed by atoms with Crippen LogP contribution in [-0.2, 0) is 6.18 Å². The smallest absolute Gasteiger partial charge is 0.340 e. The highest BCUT2D eigenvalue weighted by atomic mass is 19.4. The Morgan fingerprint density at radius 1 is 0.800 bits per heavy atom. The molecule has 0 saturated heterocycles. The minimum absolute atomic E-state index is 0.0116. The molecule has 30 heavy (non-hydrogen) atoms. The van der Waals surface area contributed by atoms with Crippen LogP contribution in [0.3, 0.4) is 0 Å². The number of nitrogens with zero attached hydrogens (tertiary/aromatic N) is 5. The lowest BCUT2D eigenvalue weighted by molar-refractivity contribution is -0.141. The Morgan fingerprint density at radius 2 is 1.60 bits per heavy atom. The van der Waals surface area contributed by atoms with Crippen LogP contribution < -0.4 is 5.32 Å². The van der Waals surface area contributed by atoms with E-state index in [0.29, 0.717) is 11.5 Å². The van der Waals surface area contributed by atoms with E-state index in [4.69, 9.17) is 0 Å². The van der Waals surface area contributed by atoms with E-state index in [1.54, 1.807) is 54.7 Å². The predicted octanol–water partition coefficient (Wildman–Crippen LogP) is 5.07. The van der Waals surface area contributed by atoms with Crippen molar-refractivity contribution in [3.05, 3.63) is 78.4 Å². The van der Waals surface area contributed by atoms with Crippen molar-refractivity contribution in [2.45, 2.75) is 13.1 Å². The van der Waals surface area contributed by atoms with Crippen molar-refractivity contribution in [3.8, 4) is 22.9 Å². The highest BCUT2D eigenvalue weighted by Gasteiger charge is 2.34. The van der Waals surface area contributed by atoms with Gasteiger partial charge in [-0.2, -0.15) is 13.2 Å². The van der Waals surface area contributed by atoms with Crippen molar-refractivity contribution in [3.63, 3.8) is 0 Å². The van der Waals surface area contributed by atoms with Crippen LogP contribution in [-0.4, -0.2) is 24.9 Å². The molecule has 0 aliphatic rings. The summed E-state index contributed by atoms with van der Waals surface area (Å²) in [6.45, 7) is 1.87. The van der Waals surface area contributed by atoms with Gasteiger partial charge in [-0.15, -0.1) is 0 Å². The second kappa shape index (κ2) is 7.86. The molecule has 0 fully saturated rings. The van der Waals surface area contributed by atoms with Crippen molar-refractivity contribution in [1.82, 2.24) is 24.9 Å². The molecule has 0 spiro atoms. The molecule has 6 nitrogen and oxygen atoms in total. The quantitative estimate of drug-likeness (QED) is 0.508. The fourth-order valence-electron chi connectivity index (χ4n) is 2.70. The van der Waals surface area contributed by atoms with Crippen molar-refractivity contribution in [2.24, 2.45) is 0 Å². The number of aromatic nitrogens is 5. The second-order valence-electron chi connectivity index (χ2n) is 6.40. The van der Waals surface area contributed by atoms with Gasteiger partial charge in [0.1, 0.15) is 11.5 Å². The fraction of sp³-hybridized carbons (Fsp3) is 0.0952. The monoisotopic (exact) mass is 408 g/mol. The lowest BCUT2D eigenvalue weighted by atomic mass is 10.2. The predicted molar refractivity (Wildman–Crippen MR) is 106 cm³/mol. The first kappa shape index (κ1) is 19.4. The molecule has 0 aliphatic carbocycles. The molecule has 0 aliphatic heterocycles. The Kier molecular flexibility index (Phi) is 5.09. The number of alkyl halides is 3. The number of hydrogen-bond acceptors (Lipinski definition) is 6. The van der Waals surface area contributed by atoms with E-state index in [0.717, 1.165) is 17.3 Å². The molecular formula is C21H15F3N6. The Bertz CT molecular complexity index is 1160. The summed E-state index contributed by atoms with van der Waals surface area (Å²) in [5, 5.41) is 2.90. The summed E-state index contributed by atoms with van der Waals surface area (Å²) in [5.74, 6) is 0.468. The van der Waals surface area contributed by atoms with Gasteiger partial charge in [0.15, 0.2) is 17.3 Å². The largest absolute Gasteiger partial charge is 0.433 e. The number of halogens is 3. The number of aryl methyl sites for hydroxylation is 1. The third-order valence-electron chi connectivity index (χ3n) is 4.12. The maximum absolute atomic E-state index is 13.3. The van der Waals surface area contributed by atoms with Gasteiger partial charge in [-0.25, -0.2) is 19.9 Å². The van der Waals surface area contributed by atoms with Crippen LogP contribution in [0.1, 0.15) is 11.4 Å². The summed E-state index contributed by atoms with van der Waals surface area (Å²) < 4.78 is 40.0. The van der Waals surface area contributed by atoms with Crippen LogP contribution in [0.4, 0.5) is 24.7 Å². The first-order chi connectivity index (χ1) is 14.4. The van der Waals surface area contributed by atoms with Gasteiger partial charge in [-0.3, -0.25) is 4.98 Å². The minimum atomic E-state index is -4.62. The molecule has 0 amide bonds. The standard InChI is InChI=1S/C21H15F3N6/c1-13-9-11-26-19(27-13)14-5-7-15(8-6-14)28-18-12-17(21(22,23)24)29-20(30-18)16-4-2-3-10-25-16/h2-12H,1H3,(H,28,29,30). The minimum Gasteiger partial charge on any atom is -0.340 e. The second-order valence-corrected chi connectivity index (χ2v) is 6.40. The third kappa shape index (κ3) is 4.40. The zero-order valence-corrected chi connectivity index (χ0v) is 15.7. The SMILES string of the molecule is Cc1ccnc(-c2ccc(Nc3cc(C(F)(F)F)nc(-c4ccccn4)n3)cc2)n1. The number of rotatable bonds is 4. The Hall–Kier alpha value is -3.88. The molecule has 0 unspecified atom stereocenters. The van der Waals surface area contributed by atoms with E-state index < -0.39 is 11.9 Å². The van der Waals surface area contributed by atoms with Crippen LogP contribution in [0.5, 0.6) is 0 Å². The summed E-state index contributed by atoms with van der Waals surface area (Å²) in [6, 6.07) is 14.5. The molecule has 0 radical (unpaired) electrons. The van der Waals surface area contributed by atoms with E-state index in [9.17, 15) is 13.2 Å². The molecule has 0 saturated carbocycles. The van der Waals surface area contributed by atoms with Crippen LogP contribution in [0.2, 0.25) is 0 Å². The van der Waals surface area contributed by atoms with E-state index >= 15 is 0 Å². The highest BCUT2D eigenvalue weighted by molar-refractivity contribution is 5.64. The molecule has 150 valence electrons. The average Bonchev–Trinajstić information content (AvgIpc) is 2.74. The zero-order valence-electron chi connectivity index (χ0n) is 15.7. The van der Waals surface area contributed by atoms with Gasteiger partial charge in [-0.1, -0.05) is 6.07 Å². The summed E-state index contributed by atoms with van der Waals surface area (Å²) in [5.41, 5.74) is 1.39. The van der Waals surface area contributed by atoms with Crippen molar-refractivity contribution < 1.29 is 13.2 Å². The zero-order chi connectivity index (χ0) is 21.1. The first-order valence-electron chi connectivity index (χ1n) is 8.93. The lowest BCUT2D eigenvalue weighted by Crippen LogP contribution is -2.11. The average molecular weight is 408 g/mol. The molecule has 1 N–H and O–H groups in total. The van der Waals surface area contributed by atoms with Gasteiger partial charge < -0.3 is 5.32 Å². The summed E-state index contributed by atoms with van der Waals surface area (Å²) in [7, 11) is 0. The van der Waals surface area contributed by atoms with E-state index in [2.05, 4.69) is 30.2 Å².